The van der Waals surface area contributed by atoms with Gasteiger partial charge in [-0.3, -0.25) is 0 Å². The van der Waals surface area contributed by atoms with Crippen molar-refractivity contribution < 1.29 is 36.2 Å². The zero-order chi connectivity index (χ0) is 21.6. The predicted molar refractivity (Wildman–Crippen MR) is 87.5 cm³/mol. The number of H-pyrrole nitrogens is 1. The number of aromatic nitrogens is 3. The average Bonchev–Trinajstić information content (AvgIpc) is 2.95. The maximum atomic E-state index is 13.5. The number of nitrogens with zero attached hydrogens (tertiary/aromatic N) is 2. The number of hydrogen-bond acceptors (Lipinski definition) is 4. The van der Waals surface area contributed by atoms with Gasteiger partial charge in [-0.2, -0.15) is 27.1 Å². The number of aromatic amines is 1. The number of aliphatic carboxylic acids is 1. The minimum Gasteiger partial charge on any atom is -0.475 e. The molecule has 1 heterocycles. The molecule has 1 aromatic carbocycles. The van der Waals surface area contributed by atoms with E-state index in [9.17, 15) is 31.1 Å². The van der Waals surface area contributed by atoms with Crippen LogP contribution in [0.4, 0.5) is 26.3 Å². The van der Waals surface area contributed by atoms with E-state index in [1.54, 1.807) is 0 Å². The van der Waals surface area contributed by atoms with Gasteiger partial charge in [0, 0.05) is 18.5 Å². The summed E-state index contributed by atoms with van der Waals surface area (Å²) in [7, 11) is 0. The van der Waals surface area contributed by atoms with Crippen LogP contribution < -0.4 is 11.4 Å². The molecule has 2 aromatic rings. The summed E-state index contributed by atoms with van der Waals surface area (Å²) >= 11 is 2.99. The molecular weight excluding hydrogens is 466 g/mol. The Morgan fingerprint density at radius 2 is 1.89 bits per heavy atom. The first-order valence-electron chi connectivity index (χ1n) is 7.03. The van der Waals surface area contributed by atoms with Gasteiger partial charge in [0.25, 0.3) is 6.08 Å². The predicted octanol–water partition coefficient (Wildman–Crippen LogP) is 2.75. The number of halogens is 7. The molecule has 0 radical (unpaired) electrons. The average molecular weight is 477 g/mol. The maximum absolute atomic E-state index is 13.5. The molecule has 2 rings (SSSR count). The van der Waals surface area contributed by atoms with Gasteiger partial charge in [0.2, 0.25) is 0 Å². The highest BCUT2D eigenvalue weighted by Gasteiger charge is 2.38. The Bertz CT molecular complexity index is 934. The topological polar surface area (TPSA) is 114 Å². The molecular formula is C14H11BrF6N4O3. The van der Waals surface area contributed by atoms with E-state index in [1.165, 1.54) is 12.1 Å². The summed E-state index contributed by atoms with van der Waals surface area (Å²) in [6, 6.07) is 3.97. The van der Waals surface area contributed by atoms with E-state index in [0.29, 0.717) is 0 Å². The van der Waals surface area contributed by atoms with Crippen LogP contribution in [0.15, 0.2) is 39.1 Å². The van der Waals surface area contributed by atoms with Crippen LogP contribution in [0.25, 0.3) is 5.69 Å². The number of nitrogens with one attached hydrogen (secondary N) is 1. The molecule has 0 fully saturated rings. The number of carbonyl (C=O) groups is 1. The fraction of sp³-hybridized carbons (Fsp3) is 0.214. The molecule has 0 aliphatic heterocycles. The molecule has 154 valence electrons. The zero-order valence-corrected chi connectivity index (χ0v) is 15.1. The van der Waals surface area contributed by atoms with Crippen molar-refractivity contribution in [3.05, 3.63) is 56.5 Å². The third-order valence-electron chi connectivity index (χ3n) is 3.03. The first kappa shape index (κ1) is 23.4. The number of carboxylic acids is 1. The van der Waals surface area contributed by atoms with Crippen LogP contribution >= 0.6 is 15.9 Å². The van der Waals surface area contributed by atoms with Crippen LogP contribution in [0.2, 0.25) is 0 Å². The molecule has 7 nitrogen and oxygen atoms in total. The van der Waals surface area contributed by atoms with E-state index in [4.69, 9.17) is 15.6 Å². The van der Waals surface area contributed by atoms with Crippen LogP contribution in [0.5, 0.6) is 0 Å². The van der Waals surface area contributed by atoms with Gasteiger partial charge in [-0.05, 0) is 34.1 Å². The van der Waals surface area contributed by atoms with Crippen LogP contribution in [-0.4, -0.2) is 38.6 Å². The second kappa shape index (κ2) is 9.54. The lowest BCUT2D eigenvalue weighted by atomic mass is 10.2. The van der Waals surface area contributed by atoms with Crippen molar-refractivity contribution in [1.82, 2.24) is 14.8 Å². The Labute approximate surface area is 160 Å². The minimum absolute atomic E-state index is 0.0231. The molecule has 0 unspecified atom stereocenters. The fourth-order valence-corrected chi connectivity index (χ4v) is 1.99. The van der Waals surface area contributed by atoms with Gasteiger partial charge in [-0.25, -0.2) is 23.6 Å². The van der Waals surface area contributed by atoms with E-state index in [1.807, 2.05) is 0 Å². The van der Waals surface area contributed by atoms with Gasteiger partial charge < -0.3 is 10.8 Å². The second-order valence-electron chi connectivity index (χ2n) is 4.93. The van der Waals surface area contributed by atoms with E-state index in [0.717, 1.165) is 10.6 Å². The van der Waals surface area contributed by atoms with E-state index in [-0.39, 0.29) is 34.5 Å². The largest absolute Gasteiger partial charge is 0.490 e. The standard InChI is InChI=1S/C12H10BrF3N4O.C2HF3O2/c13-8-2-1-7(4-9(8)14)20-10(18-19-12(20)21)3-6(5-17)11(15)16;3-2(4,5)1(6)7/h1-2,4H,3,5,17H2,(H,19,21);(H,6,7). The normalized spacial score (nSPS) is 10.9. The Morgan fingerprint density at radius 3 is 2.32 bits per heavy atom. The van der Waals surface area contributed by atoms with Crippen LogP contribution in [0.1, 0.15) is 5.82 Å². The van der Waals surface area contributed by atoms with Crippen molar-refractivity contribution in [2.45, 2.75) is 12.6 Å². The van der Waals surface area contributed by atoms with Crippen molar-refractivity contribution >= 4 is 21.9 Å². The Hall–Kier alpha value is -2.61. The lowest BCUT2D eigenvalue weighted by Crippen LogP contribution is -2.21. The number of rotatable bonds is 4. The molecule has 1 aromatic heterocycles. The summed E-state index contributed by atoms with van der Waals surface area (Å²) in [5.74, 6) is -3.32. The zero-order valence-electron chi connectivity index (χ0n) is 13.5. The van der Waals surface area contributed by atoms with Gasteiger partial charge in [0.05, 0.1) is 10.2 Å². The Morgan fingerprint density at radius 1 is 1.32 bits per heavy atom. The maximum Gasteiger partial charge on any atom is 0.490 e. The second-order valence-corrected chi connectivity index (χ2v) is 5.78. The molecule has 4 N–H and O–H groups in total. The first-order chi connectivity index (χ1) is 12.9. The summed E-state index contributed by atoms with van der Waals surface area (Å²) in [6.07, 6.45) is -7.31. The minimum atomic E-state index is -5.08. The van der Waals surface area contributed by atoms with Gasteiger partial charge >= 0.3 is 17.8 Å². The molecule has 0 saturated carbocycles. The number of nitrogens with two attached hydrogens (primary N) is 1. The molecule has 14 heteroatoms. The van der Waals surface area contributed by atoms with Crippen LogP contribution in [0, 0.1) is 5.82 Å². The number of alkyl halides is 3. The molecule has 0 atom stereocenters. The Kier molecular flexibility index (Phi) is 7.99. The van der Waals surface area contributed by atoms with Crippen molar-refractivity contribution in [2.24, 2.45) is 5.73 Å². The fourth-order valence-electron chi connectivity index (χ4n) is 1.75. The highest BCUT2D eigenvalue weighted by molar-refractivity contribution is 9.10. The summed E-state index contributed by atoms with van der Waals surface area (Å²) in [5, 5.41) is 13.0. The first-order valence-corrected chi connectivity index (χ1v) is 7.82. The number of carboxylic acid groups (broad SMARTS) is 1. The van der Waals surface area contributed by atoms with Crippen LogP contribution in [-0.2, 0) is 11.2 Å². The number of benzene rings is 1. The van der Waals surface area contributed by atoms with Gasteiger partial charge in [-0.1, -0.05) is 0 Å². The lowest BCUT2D eigenvalue weighted by Gasteiger charge is -2.07. The van der Waals surface area contributed by atoms with Crippen molar-refractivity contribution in [2.75, 3.05) is 6.54 Å². The van der Waals surface area contributed by atoms with Crippen LogP contribution in [0.3, 0.4) is 0 Å². The van der Waals surface area contributed by atoms with E-state index < -0.39 is 29.7 Å². The molecule has 0 aliphatic rings. The molecule has 0 saturated heterocycles. The SMILES string of the molecule is NCC(Cc1n[nH]c(=O)n1-c1ccc(Br)c(F)c1)=C(F)F.O=C(O)C(F)(F)F. The summed E-state index contributed by atoms with van der Waals surface area (Å²) in [4.78, 5) is 20.6. The molecule has 28 heavy (non-hydrogen) atoms. The smallest absolute Gasteiger partial charge is 0.475 e. The summed E-state index contributed by atoms with van der Waals surface area (Å²) in [5.41, 5.74) is 4.42. The third-order valence-corrected chi connectivity index (χ3v) is 3.67. The molecule has 0 aliphatic carbocycles. The monoisotopic (exact) mass is 476 g/mol. The molecule has 0 amide bonds. The Balaban J connectivity index is 0.000000480. The number of hydrogen-bond donors (Lipinski definition) is 3. The highest BCUT2D eigenvalue weighted by Crippen LogP contribution is 2.20. The van der Waals surface area contributed by atoms with E-state index >= 15 is 0 Å². The van der Waals surface area contributed by atoms with Crippen molar-refractivity contribution in [1.29, 1.82) is 0 Å². The van der Waals surface area contributed by atoms with Gasteiger partial charge in [-0.15, -0.1) is 0 Å². The lowest BCUT2D eigenvalue weighted by molar-refractivity contribution is -0.192. The summed E-state index contributed by atoms with van der Waals surface area (Å²) in [6.45, 7) is -0.363. The van der Waals surface area contributed by atoms with Gasteiger partial charge in [0.15, 0.2) is 0 Å². The molecule has 0 bridgehead atoms. The quantitative estimate of drug-likeness (QED) is 0.587. The third kappa shape index (κ3) is 6.23. The van der Waals surface area contributed by atoms with E-state index in [2.05, 4.69) is 26.1 Å². The summed E-state index contributed by atoms with van der Waals surface area (Å²) < 4.78 is 71.8. The highest BCUT2D eigenvalue weighted by atomic mass is 79.9. The van der Waals surface area contributed by atoms with Crippen molar-refractivity contribution in [3.8, 4) is 5.69 Å². The van der Waals surface area contributed by atoms with Crippen molar-refractivity contribution in [3.63, 3.8) is 0 Å². The molecule has 0 spiro atoms. The van der Waals surface area contributed by atoms with Gasteiger partial charge in [0.1, 0.15) is 11.6 Å².